The topological polar surface area (TPSA) is 273 Å². The number of hydrogen-bond donors (Lipinski definition) is 6. The van der Waals surface area contributed by atoms with Crippen LogP contribution in [0.1, 0.15) is 80.3 Å². The molecule has 10 atom stereocenters. The van der Waals surface area contributed by atoms with E-state index in [-0.39, 0.29) is 24.9 Å². The van der Waals surface area contributed by atoms with Crippen molar-refractivity contribution < 1.29 is 53.1 Å². The maximum absolute atomic E-state index is 15.4. The molecule has 2 saturated heterocycles. The molecule has 1 amide bonds. The molecule has 24 heteroatoms. The van der Waals surface area contributed by atoms with Gasteiger partial charge in [0.25, 0.3) is 5.91 Å². The number of amides is 1. The van der Waals surface area contributed by atoms with Gasteiger partial charge in [-0.3, -0.25) is 19.4 Å². The van der Waals surface area contributed by atoms with Gasteiger partial charge in [0.1, 0.15) is 17.3 Å². The van der Waals surface area contributed by atoms with Crippen LogP contribution in [0.3, 0.4) is 0 Å². The predicted molar refractivity (Wildman–Crippen MR) is 331 cm³/mol. The van der Waals surface area contributed by atoms with Gasteiger partial charge in [0.15, 0.2) is 27.4 Å². The first-order valence-corrected chi connectivity index (χ1v) is 37.6. The van der Waals surface area contributed by atoms with Gasteiger partial charge < -0.3 is 58.7 Å². The van der Waals surface area contributed by atoms with E-state index in [4.69, 9.17) is 28.6 Å². The minimum absolute atomic E-state index is 0.191. The third kappa shape index (κ3) is 11.7. The number of carbonyl (C=O) groups is 2. The minimum Gasteiger partial charge on any atom is -0.496 e. The summed E-state index contributed by atoms with van der Waals surface area (Å²) in [7, 11) is -1.07. The second-order valence-corrected chi connectivity index (χ2v) is 36.0. The number of H-pyrrole nitrogens is 1. The van der Waals surface area contributed by atoms with Crippen LogP contribution in [0.5, 0.6) is 5.75 Å². The lowest BCUT2D eigenvalue weighted by Gasteiger charge is -2.63. The number of thioether (sulfide) groups is 1. The number of nitrogens with zero attached hydrogens (tertiary/aromatic N) is 8. The van der Waals surface area contributed by atoms with Crippen molar-refractivity contribution in [3.63, 3.8) is 0 Å². The number of aliphatic hydroxyl groups is 3. The van der Waals surface area contributed by atoms with Crippen molar-refractivity contribution in [2.75, 3.05) is 103 Å². The van der Waals surface area contributed by atoms with E-state index in [1.807, 2.05) is 62.2 Å². The number of carboxylic acids is 1. The number of fused-ring (bicyclic) bond motifs is 6. The van der Waals surface area contributed by atoms with Crippen molar-refractivity contribution in [1.29, 1.82) is 0 Å². The number of azide groups is 1. The molecule has 21 nitrogen and oxygen atoms in total. The smallest absolute Gasteiger partial charge is 0.320 e. The first kappa shape index (κ1) is 63.1. The molecule has 1 saturated carbocycles. The third-order valence-corrected chi connectivity index (χ3v) is 29.3. The summed E-state index contributed by atoms with van der Waals surface area (Å²) in [5.74, 6) is -1.48. The molecule has 2 bridgehead atoms. The molecule has 6 N–H and O–H groups in total. The number of anilines is 1. The highest BCUT2D eigenvalue weighted by atomic mass is 32.2. The van der Waals surface area contributed by atoms with E-state index in [9.17, 15) is 20.4 Å². The number of hydrogen-bond acceptors (Lipinski definition) is 17. The molecule has 85 heavy (non-hydrogen) atoms. The Morgan fingerprint density at radius 2 is 1.71 bits per heavy atom. The van der Waals surface area contributed by atoms with Crippen molar-refractivity contribution in [3.05, 3.63) is 99.3 Å². The first-order valence-electron chi connectivity index (χ1n) is 30.4. The second kappa shape index (κ2) is 25.3. The Bertz CT molecular complexity index is 3150. The van der Waals surface area contributed by atoms with Crippen molar-refractivity contribution in [2.24, 2.45) is 16.4 Å². The number of rotatable bonds is 26. The van der Waals surface area contributed by atoms with Crippen LogP contribution in [0, 0.1) is 11.3 Å². The number of carbonyl (C=O) groups excluding carboxylic acids is 1. The van der Waals surface area contributed by atoms with Crippen LogP contribution in [0.25, 0.3) is 21.3 Å². The highest BCUT2D eigenvalue weighted by Gasteiger charge is 2.78. The molecule has 0 unspecified atom stereocenters. The fourth-order valence-electron chi connectivity index (χ4n) is 16.1. The van der Waals surface area contributed by atoms with Gasteiger partial charge in [-0.1, -0.05) is 61.1 Å². The second-order valence-electron chi connectivity index (χ2n) is 25.8. The van der Waals surface area contributed by atoms with E-state index in [1.165, 1.54) is 0 Å². The Morgan fingerprint density at radius 1 is 0.965 bits per heavy atom. The summed E-state index contributed by atoms with van der Waals surface area (Å²) in [5.41, 5.74) is 6.65. The molecule has 2 aromatic carbocycles. The van der Waals surface area contributed by atoms with E-state index >= 15 is 9.59 Å². The number of para-hydroxylation sites is 1. The van der Waals surface area contributed by atoms with Gasteiger partial charge in [-0.15, -0.1) is 0 Å². The number of methoxy groups -OCH3 is 1. The van der Waals surface area contributed by atoms with Gasteiger partial charge in [0.05, 0.1) is 58.4 Å². The van der Waals surface area contributed by atoms with Crippen molar-refractivity contribution >= 4 is 56.9 Å². The van der Waals surface area contributed by atoms with E-state index in [2.05, 4.69) is 78.4 Å². The average Bonchev–Trinajstić information content (AvgIpc) is 1.63. The zero-order valence-corrected chi connectivity index (χ0v) is 53.6. The van der Waals surface area contributed by atoms with Gasteiger partial charge in [0.2, 0.25) is 0 Å². The quantitative estimate of drug-likeness (QED) is 0.00536. The lowest BCUT2D eigenvalue weighted by molar-refractivity contribution is -0.203. The SMILES string of the molecule is CC[C@]1(O)C[C@@H]2C[N@@](CCc3c([nH]c4ccccc34)[C@@](C(=O)O)(c3cc4c(cc3OC)N(C)[C@H]3[C@@](O)(C(=O)NCCC[Si](C)(C)O[Si](C)(C)CSc5ncc(COCCOCCOCCN=[N+]=[N-])cn5)[C@H](O)[C@]5(CC)C=CCN6CC[C@]43[C@@H]65)C2)C1. The molecule has 5 aliphatic heterocycles. The Labute approximate surface area is 505 Å². The van der Waals surface area contributed by atoms with Crippen molar-refractivity contribution in [1.82, 2.24) is 30.1 Å². The third-order valence-electron chi connectivity index (χ3n) is 19.5. The van der Waals surface area contributed by atoms with Gasteiger partial charge in [-0.2, -0.15) is 0 Å². The molecule has 3 fully saturated rings. The van der Waals surface area contributed by atoms with Crippen LogP contribution >= 0.6 is 11.8 Å². The van der Waals surface area contributed by atoms with E-state index in [0.29, 0.717) is 140 Å². The molecule has 2 aromatic heterocycles. The molecule has 1 spiro atoms. The molecule has 1 aliphatic carbocycles. The Hall–Kier alpha value is -4.93. The lowest BCUT2D eigenvalue weighted by atomic mass is 9.47. The van der Waals surface area contributed by atoms with Crippen LogP contribution < -0.4 is 15.0 Å². The number of nitrogens with one attached hydrogen (secondary N) is 2. The summed E-state index contributed by atoms with van der Waals surface area (Å²) < 4.78 is 30.0. The molecule has 7 heterocycles. The summed E-state index contributed by atoms with van der Waals surface area (Å²) in [6.45, 7) is 18.9. The van der Waals surface area contributed by atoms with Crippen LogP contribution in [0.2, 0.25) is 32.2 Å². The van der Waals surface area contributed by atoms with E-state index < -0.39 is 68.1 Å². The van der Waals surface area contributed by atoms with Gasteiger partial charge in [-0.25, -0.2) is 9.97 Å². The minimum atomic E-state index is -2.32. The Morgan fingerprint density at radius 3 is 2.42 bits per heavy atom. The standard InChI is InChI=1S/C61H88N10O11SSi2/c1-9-57(76)33-41-34-60(55(74)75,50-44(17-23-70(37-41)39-57)43-15-11-12-16-47(43)67-50)46-31-45-48(32-49(46)78-4)69(3)52-59(45)19-24-71-22-13-18-58(10-2,51(59)71)53(72)61(52,77)54(73)63-20-14-30-84(5,6)82-85(7,8)40-83-56-64-35-42(36-65-56)38-81-29-28-80-27-26-79-25-21-66-68-62/h11-13,15-16,18,31-32,35-36,41,51-53,67,72,76-77H,9-10,14,17,19-30,33-34,37-40H2,1-8H3,(H,63,73)(H,74,75)/t41-,51-,52+,53+,57-,58+,59+,60-,61-/m0/s1. The Kier molecular flexibility index (Phi) is 18.8. The van der Waals surface area contributed by atoms with Gasteiger partial charge in [-0.05, 0) is 118 Å². The number of likely N-dealkylation sites (N-methyl/N-ethyl adjacent to an activating group) is 1. The fraction of sp³-hybridized carbons (Fsp3) is 0.639. The molecule has 462 valence electrons. The van der Waals surface area contributed by atoms with Crippen LogP contribution in [-0.2, 0) is 51.8 Å². The zero-order valence-electron chi connectivity index (χ0n) is 50.8. The lowest BCUT2D eigenvalue weighted by Crippen LogP contribution is -2.81. The number of aliphatic carboxylic acids is 1. The highest BCUT2D eigenvalue weighted by molar-refractivity contribution is 8.00. The van der Waals surface area contributed by atoms with Crippen LogP contribution in [0.15, 0.2) is 71.2 Å². The van der Waals surface area contributed by atoms with Gasteiger partial charge in [0, 0.05) is 125 Å². The molecule has 4 aromatic rings. The number of aromatic nitrogens is 3. The summed E-state index contributed by atoms with van der Waals surface area (Å²) >= 11 is 1.58. The molecular formula is C61H88N10O11SSi2. The summed E-state index contributed by atoms with van der Waals surface area (Å²) in [6, 6.07) is 11.4. The number of carboxylic acid groups (broad SMARTS) is 1. The summed E-state index contributed by atoms with van der Waals surface area (Å²) in [6.07, 6.45) is 9.52. The van der Waals surface area contributed by atoms with Crippen molar-refractivity contribution in [3.8, 4) is 5.75 Å². The predicted octanol–water partition coefficient (Wildman–Crippen LogP) is 7.07. The highest BCUT2D eigenvalue weighted by Crippen LogP contribution is 2.67. The number of ether oxygens (including phenoxy) is 4. The Balaban J connectivity index is 0.869. The van der Waals surface area contributed by atoms with Gasteiger partial charge >= 0.3 is 5.97 Å². The summed E-state index contributed by atoms with van der Waals surface area (Å²) in [4.78, 5) is 52.7. The van der Waals surface area contributed by atoms with Crippen LogP contribution in [-0.4, -0.2) is 201 Å². The number of aromatic amines is 1. The maximum Gasteiger partial charge on any atom is 0.320 e. The first-order chi connectivity index (χ1) is 40.7. The van der Waals surface area contributed by atoms with E-state index in [1.54, 1.807) is 31.3 Å². The summed E-state index contributed by atoms with van der Waals surface area (Å²) in [5, 5.41) is 60.1. The number of benzene rings is 2. The molecular weight excluding hydrogens is 1140 g/mol. The average molecular weight is 1230 g/mol. The normalized spacial score (nSPS) is 29.7. The monoisotopic (exact) mass is 1220 g/mol. The maximum atomic E-state index is 15.4. The van der Waals surface area contributed by atoms with Crippen LogP contribution in [0.4, 0.5) is 5.69 Å². The zero-order chi connectivity index (χ0) is 60.6. The number of piperidine rings is 1. The van der Waals surface area contributed by atoms with Crippen molar-refractivity contribution in [2.45, 2.75) is 143 Å². The fourth-order valence-corrected chi connectivity index (χ4v) is 26.4. The number of aliphatic hydroxyl groups excluding tert-OH is 1. The van der Waals surface area contributed by atoms with E-state index in [0.717, 1.165) is 44.7 Å². The molecule has 10 rings (SSSR count). The largest absolute Gasteiger partial charge is 0.496 e. The molecule has 0 radical (unpaired) electrons. The molecule has 6 aliphatic rings.